The SMILES string of the molecule is CCNC(=NCC(c1cccc(OC)c1)N1CCCC1)NCCCN1CCC(O)CC1. The first kappa shape index (κ1) is 23.8. The lowest BCUT2D eigenvalue weighted by Gasteiger charge is -2.29. The van der Waals surface area contributed by atoms with E-state index in [1.807, 2.05) is 6.07 Å². The predicted molar refractivity (Wildman–Crippen MR) is 127 cm³/mol. The van der Waals surface area contributed by atoms with E-state index in [1.165, 1.54) is 18.4 Å². The molecule has 2 heterocycles. The normalized spacial score (nSPS) is 20.0. The molecule has 2 saturated heterocycles. The number of nitrogens with one attached hydrogen (secondary N) is 2. The van der Waals surface area contributed by atoms with Gasteiger partial charge in [0.15, 0.2) is 5.96 Å². The number of hydrogen-bond donors (Lipinski definition) is 3. The van der Waals surface area contributed by atoms with Gasteiger partial charge in [0, 0.05) is 26.2 Å². The second kappa shape index (κ2) is 12.9. The highest BCUT2D eigenvalue weighted by atomic mass is 16.5. The fourth-order valence-corrected chi connectivity index (χ4v) is 4.51. The summed E-state index contributed by atoms with van der Waals surface area (Å²) in [6.45, 7) is 9.93. The predicted octanol–water partition coefficient (Wildman–Crippen LogP) is 2.23. The van der Waals surface area contributed by atoms with E-state index in [0.717, 1.165) is 83.3 Å². The van der Waals surface area contributed by atoms with Gasteiger partial charge in [-0.3, -0.25) is 9.89 Å². The molecule has 0 amide bonds. The van der Waals surface area contributed by atoms with Crippen molar-refractivity contribution in [1.82, 2.24) is 20.4 Å². The second-order valence-corrected chi connectivity index (χ2v) is 8.61. The summed E-state index contributed by atoms with van der Waals surface area (Å²) in [5.74, 6) is 1.80. The molecule has 1 aromatic rings. The van der Waals surface area contributed by atoms with Crippen molar-refractivity contribution in [2.75, 3.05) is 59.5 Å². The number of aliphatic hydroxyl groups is 1. The van der Waals surface area contributed by atoms with Crippen LogP contribution in [0.3, 0.4) is 0 Å². The van der Waals surface area contributed by atoms with Crippen LogP contribution in [0.1, 0.15) is 50.6 Å². The third kappa shape index (κ3) is 7.66. The molecular weight excluding hydrogens is 390 g/mol. The average molecular weight is 432 g/mol. The van der Waals surface area contributed by atoms with Gasteiger partial charge in [-0.15, -0.1) is 0 Å². The molecule has 3 N–H and O–H groups in total. The molecule has 1 aromatic carbocycles. The molecule has 7 nitrogen and oxygen atoms in total. The average Bonchev–Trinajstić information content (AvgIpc) is 3.32. The Hall–Kier alpha value is -1.83. The number of piperidine rings is 1. The van der Waals surface area contributed by atoms with Gasteiger partial charge in [-0.2, -0.15) is 0 Å². The molecule has 3 rings (SSSR count). The maximum atomic E-state index is 9.65. The summed E-state index contributed by atoms with van der Waals surface area (Å²) in [6, 6.07) is 8.69. The third-order valence-corrected chi connectivity index (χ3v) is 6.33. The summed E-state index contributed by atoms with van der Waals surface area (Å²) in [4.78, 5) is 9.95. The largest absolute Gasteiger partial charge is 0.497 e. The maximum absolute atomic E-state index is 9.65. The molecule has 0 aromatic heterocycles. The van der Waals surface area contributed by atoms with Gasteiger partial charge in [-0.1, -0.05) is 12.1 Å². The Morgan fingerprint density at radius 1 is 1.19 bits per heavy atom. The fraction of sp³-hybridized carbons (Fsp3) is 0.708. The van der Waals surface area contributed by atoms with E-state index >= 15 is 0 Å². The van der Waals surface area contributed by atoms with Gasteiger partial charge in [-0.05, 0) is 76.4 Å². The van der Waals surface area contributed by atoms with Crippen LogP contribution in [0.4, 0.5) is 0 Å². The molecule has 7 heteroatoms. The molecule has 0 aliphatic carbocycles. The van der Waals surface area contributed by atoms with Crippen molar-refractivity contribution in [3.05, 3.63) is 29.8 Å². The quantitative estimate of drug-likeness (QED) is 0.300. The van der Waals surface area contributed by atoms with Crippen molar-refractivity contribution in [2.45, 2.75) is 51.2 Å². The topological polar surface area (TPSA) is 72.4 Å². The first-order valence-corrected chi connectivity index (χ1v) is 12.0. The molecule has 174 valence electrons. The van der Waals surface area contributed by atoms with Crippen LogP contribution < -0.4 is 15.4 Å². The van der Waals surface area contributed by atoms with Gasteiger partial charge in [0.1, 0.15) is 5.75 Å². The molecule has 1 unspecified atom stereocenters. The number of nitrogens with zero attached hydrogens (tertiary/aromatic N) is 3. The van der Waals surface area contributed by atoms with Crippen LogP contribution in [-0.2, 0) is 0 Å². The maximum Gasteiger partial charge on any atom is 0.191 e. The fourth-order valence-electron chi connectivity index (χ4n) is 4.51. The van der Waals surface area contributed by atoms with Crippen molar-refractivity contribution in [2.24, 2.45) is 4.99 Å². The van der Waals surface area contributed by atoms with E-state index < -0.39 is 0 Å². The molecule has 31 heavy (non-hydrogen) atoms. The molecule has 0 radical (unpaired) electrons. The number of ether oxygens (including phenoxy) is 1. The number of hydrogen-bond acceptors (Lipinski definition) is 5. The van der Waals surface area contributed by atoms with Crippen molar-refractivity contribution >= 4 is 5.96 Å². The smallest absolute Gasteiger partial charge is 0.191 e. The minimum absolute atomic E-state index is 0.102. The zero-order chi connectivity index (χ0) is 21.9. The molecule has 0 saturated carbocycles. The van der Waals surface area contributed by atoms with E-state index in [9.17, 15) is 5.11 Å². The summed E-state index contributed by atoms with van der Waals surface area (Å²) >= 11 is 0. The Bertz CT molecular complexity index is 670. The van der Waals surface area contributed by atoms with Crippen LogP contribution in [0.15, 0.2) is 29.3 Å². The number of guanidine groups is 1. The van der Waals surface area contributed by atoms with Gasteiger partial charge in [-0.25, -0.2) is 0 Å². The van der Waals surface area contributed by atoms with Crippen LogP contribution in [0, 0.1) is 0 Å². The van der Waals surface area contributed by atoms with Crippen LogP contribution in [-0.4, -0.2) is 86.4 Å². The third-order valence-electron chi connectivity index (χ3n) is 6.33. The zero-order valence-electron chi connectivity index (χ0n) is 19.4. The number of methoxy groups -OCH3 is 1. The Morgan fingerprint density at radius 3 is 2.68 bits per heavy atom. The van der Waals surface area contributed by atoms with E-state index in [1.54, 1.807) is 7.11 Å². The molecule has 0 spiro atoms. The van der Waals surface area contributed by atoms with Gasteiger partial charge in [0.2, 0.25) is 0 Å². The lowest BCUT2D eigenvalue weighted by atomic mass is 10.1. The van der Waals surface area contributed by atoms with Gasteiger partial charge in [0.05, 0.1) is 25.8 Å². The van der Waals surface area contributed by atoms with Gasteiger partial charge in [0.25, 0.3) is 0 Å². The van der Waals surface area contributed by atoms with Crippen LogP contribution in [0.5, 0.6) is 5.75 Å². The van der Waals surface area contributed by atoms with Crippen LogP contribution >= 0.6 is 0 Å². The van der Waals surface area contributed by atoms with Crippen molar-refractivity contribution in [3.63, 3.8) is 0 Å². The van der Waals surface area contributed by atoms with E-state index in [-0.39, 0.29) is 12.1 Å². The van der Waals surface area contributed by atoms with E-state index in [4.69, 9.17) is 9.73 Å². The molecule has 0 bridgehead atoms. The molecular formula is C24H41N5O2. The van der Waals surface area contributed by atoms with Crippen LogP contribution in [0.2, 0.25) is 0 Å². The molecule has 2 aliphatic heterocycles. The summed E-state index contributed by atoms with van der Waals surface area (Å²) in [7, 11) is 1.72. The summed E-state index contributed by atoms with van der Waals surface area (Å²) in [6.07, 6.45) is 5.30. The first-order chi connectivity index (χ1) is 15.2. The molecule has 2 aliphatic rings. The second-order valence-electron chi connectivity index (χ2n) is 8.61. The monoisotopic (exact) mass is 431 g/mol. The van der Waals surface area contributed by atoms with Crippen molar-refractivity contribution in [3.8, 4) is 5.75 Å². The number of likely N-dealkylation sites (tertiary alicyclic amines) is 2. The minimum Gasteiger partial charge on any atom is -0.497 e. The lowest BCUT2D eigenvalue weighted by Crippen LogP contribution is -2.41. The van der Waals surface area contributed by atoms with Crippen LogP contribution in [0.25, 0.3) is 0 Å². The Kier molecular flexibility index (Phi) is 9.90. The summed E-state index contributed by atoms with van der Waals surface area (Å²) in [5, 5.41) is 16.6. The number of benzene rings is 1. The van der Waals surface area contributed by atoms with E-state index in [0.29, 0.717) is 0 Å². The Morgan fingerprint density at radius 2 is 1.97 bits per heavy atom. The lowest BCUT2D eigenvalue weighted by molar-refractivity contribution is 0.0823. The number of aliphatic hydroxyl groups excluding tert-OH is 1. The number of rotatable bonds is 10. The molecule has 2 fully saturated rings. The minimum atomic E-state index is -0.102. The first-order valence-electron chi connectivity index (χ1n) is 12.0. The van der Waals surface area contributed by atoms with Gasteiger partial charge < -0.3 is 25.4 Å². The standard InChI is InChI=1S/C24H41N5O2/c1-3-25-24(26-12-7-13-28-16-10-21(30)11-17-28)27-19-23(29-14-4-5-15-29)20-8-6-9-22(18-20)31-2/h6,8-9,18,21,23,30H,3-5,7,10-17,19H2,1-2H3,(H2,25,26,27). The van der Waals surface area contributed by atoms with Gasteiger partial charge >= 0.3 is 0 Å². The highest BCUT2D eigenvalue weighted by Gasteiger charge is 2.24. The summed E-state index contributed by atoms with van der Waals surface area (Å²) in [5.41, 5.74) is 1.27. The Labute approximate surface area is 187 Å². The van der Waals surface area contributed by atoms with Crippen molar-refractivity contribution in [1.29, 1.82) is 0 Å². The highest BCUT2D eigenvalue weighted by molar-refractivity contribution is 5.79. The molecule has 1 atom stereocenters. The summed E-state index contributed by atoms with van der Waals surface area (Å²) < 4.78 is 5.46. The van der Waals surface area contributed by atoms with E-state index in [2.05, 4.69) is 45.6 Å². The zero-order valence-corrected chi connectivity index (χ0v) is 19.4. The Balaban J connectivity index is 1.55. The van der Waals surface area contributed by atoms with Crippen molar-refractivity contribution < 1.29 is 9.84 Å². The number of aliphatic imine (C=N–C) groups is 1. The highest BCUT2D eigenvalue weighted by Crippen LogP contribution is 2.27.